The van der Waals surface area contributed by atoms with Crippen molar-refractivity contribution in [2.24, 2.45) is 0 Å². The minimum absolute atomic E-state index is 0. The fourth-order valence-electron chi connectivity index (χ4n) is 1.74. The molecule has 1 aliphatic heterocycles. The fraction of sp³-hybridized carbons (Fsp3) is 0.455. The lowest BCUT2D eigenvalue weighted by Gasteiger charge is -2.18. The van der Waals surface area contributed by atoms with Crippen LogP contribution < -0.4 is 5.32 Å². The molecule has 0 aliphatic carbocycles. The monoisotopic (exact) mass is 215 g/mol. The molecular formula is C11H15ClFN. The van der Waals surface area contributed by atoms with Crippen LogP contribution in [0, 0.1) is 0 Å². The lowest BCUT2D eigenvalue weighted by Crippen LogP contribution is -2.23. The van der Waals surface area contributed by atoms with Crippen LogP contribution in [0.5, 0.6) is 0 Å². The number of alkyl halides is 1. The van der Waals surface area contributed by atoms with Crippen molar-refractivity contribution >= 4 is 12.4 Å². The van der Waals surface area contributed by atoms with Gasteiger partial charge >= 0.3 is 0 Å². The van der Waals surface area contributed by atoms with Crippen molar-refractivity contribution in [1.29, 1.82) is 0 Å². The van der Waals surface area contributed by atoms with E-state index in [1.54, 1.807) is 6.92 Å². The Kier molecular flexibility index (Phi) is 3.90. The van der Waals surface area contributed by atoms with E-state index in [4.69, 9.17) is 0 Å². The first-order chi connectivity index (χ1) is 6.27. The molecule has 1 aromatic rings. The van der Waals surface area contributed by atoms with Crippen molar-refractivity contribution in [3.05, 3.63) is 34.9 Å². The number of hydrogen-bond donors (Lipinski definition) is 1. The van der Waals surface area contributed by atoms with E-state index in [-0.39, 0.29) is 12.4 Å². The summed E-state index contributed by atoms with van der Waals surface area (Å²) in [5, 5.41) is 3.30. The average molecular weight is 216 g/mol. The smallest absolute Gasteiger partial charge is 0.122 e. The quantitative estimate of drug-likeness (QED) is 0.760. The summed E-state index contributed by atoms with van der Waals surface area (Å²) in [5.74, 6) is 0. The predicted octanol–water partition coefficient (Wildman–Crippen LogP) is 2.78. The Hall–Kier alpha value is -0.600. The lowest BCUT2D eigenvalue weighted by atomic mass is 9.97. The van der Waals surface area contributed by atoms with Crippen molar-refractivity contribution in [1.82, 2.24) is 5.32 Å². The highest BCUT2D eigenvalue weighted by atomic mass is 35.5. The standard InChI is InChI=1S/C11H14FN.ClH/c1-8(12)9-2-3-11-7-13-5-4-10(11)6-9;/h2-3,6,8,13H,4-5,7H2,1H3;1H. The summed E-state index contributed by atoms with van der Waals surface area (Å²) in [4.78, 5) is 0. The van der Waals surface area contributed by atoms with E-state index in [0.29, 0.717) is 0 Å². The highest BCUT2D eigenvalue weighted by Crippen LogP contribution is 2.21. The van der Waals surface area contributed by atoms with Crippen LogP contribution in [-0.4, -0.2) is 6.54 Å². The number of hydrogen-bond acceptors (Lipinski definition) is 1. The summed E-state index contributed by atoms with van der Waals surface area (Å²) < 4.78 is 13.0. The van der Waals surface area contributed by atoms with Crippen LogP contribution in [0.1, 0.15) is 29.8 Å². The van der Waals surface area contributed by atoms with Gasteiger partial charge in [0.1, 0.15) is 6.17 Å². The molecule has 1 heterocycles. The Morgan fingerprint density at radius 1 is 1.36 bits per heavy atom. The van der Waals surface area contributed by atoms with Gasteiger partial charge in [-0.15, -0.1) is 12.4 Å². The van der Waals surface area contributed by atoms with Gasteiger partial charge in [0.15, 0.2) is 0 Å². The van der Waals surface area contributed by atoms with Gasteiger partial charge in [0.25, 0.3) is 0 Å². The van der Waals surface area contributed by atoms with Gasteiger partial charge in [-0.3, -0.25) is 0 Å². The third-order valence-corrected chi connectivity index (χ3v) is 2.58. The van der Waals surface area contributed by atoms with E-state index in [1.165, 1.54) is 11.1 Å². The van der Waals surface area contributed by atoms with Gasteiger partial charge in [0.05, 0.1) is 0 Å². The Labute approximate surface area is 90.1 Å². The molecule has 0 bridgehead atoms. The van der Waals surface area contributed by atoms with E-state index in [2.05, 4.69) is 5.32 Å². The number of fused-ring (bicyclic) bond motifs is 1. The Bertz CT molecular complexity index is 312. The molecule has 0 saturated heterocycles. The summed E-state index contributed by atoms with van der Waals surface area (Å²) >= 11 is 0. The zero-order valence-corrected chi connectivity index (χ0v) is 9.03. The van der Waals surface area contributed by atoms with Crippen LogP contribution >= 0.6 is 12.4 Å². The summed E-state index contributed by atoms with van der Waals surface area (Å²) in [7, 11) is 0. The fourth-order valence-corrected chi connectivity index (χ4v) is 1.74. The molecular weight excluding hydrogens is 201 g/mol. The number of rotatable bonds is 1. The highest BCUT2D eigenvalue weighted by Gasteiger charge is 2.10. The van der Waals surface area contributed by atoms with Crippen LogP contribution in [-0.2, 0) is 13.0 Å². The molecule has 0 saturated carbocycles. The molecule has 0 amide bonds. The molecule has 1 nitrogen and oxygen atoms in total. The molecule has 0 spiro atoms. The Morgan fingerprint density at radius 3 is 2.86 bits per heavy atom. The van der Waals surface area contributed by atoms with Gasteiger partial charge in [-0.05, 0) is 36.6 Å². The molecule has 1 aliphatic rings. The molecule has 2 rings (SSSR count). The van der Waals surface area contributed by atoms with Gasteiger partial charge in [-0.2, -0.15) is 0 Å². The maximum atomic E-state index is 13.0. The van der Waals surface area contributed by atoms with E-state index < -0.39 is 6.17 Å². The van der Waals surface area contributed by atoms with E-state index >= 15 is 0 Å². The molecule has 14 heavy (non-hydrogen) atoms. The van der Waals surface area contributed by atoms with Crippen LogP contribution in [0.25, 0.3) is 0 Å². The first-order valence-corrected chi connectivity index (χ1v) is 4.74. The molecule has 3 heteroatoms. The van der Waals surface area contributed by atoms with Crippen molar-refractivity contribution < 1.29 is 4.39 Å². The highest BCUT2D eigenvalue weighted by molar-refractivity contribution is 5.85. The van der Waals surface area contributed by atoms with Crippen LogP contribution in [0.2, 0.25) is 0 Å². The molecule has 78 valence electrons. The van der Waals surface area contributed by atoms with Gasteiger partial charge in [-0.25, -0.2) is 4.39 Å². The minimum atomic E-state index is -0.847. The maximum absolute atomic E-state index is 13.0. The third-order valence-electron chi connectivity index (χ3n) is 2.58. The van der Waals surface area contributed by atoms with Gasteiger partial charge in [-0.1, -0.05) is 18.2 Å². The van der Waals surface area contributed by atoms with Gasteiger partial charge < -0.3 is 5.32 Å². The zero-order valence-electron chi connectivity index (χ0n) is 8.22. The Morgan fingerprint density at radius 2 is 2.14 bits per heavy atom. The first kappa shape index (κ1) is 11.5. The van der Waals surface area contributed by atoms with Crippen molar-refractivity contribution in [2.45, 2.75) is 26.1 Å². The van der Waals surface area contributed by atoms with Gasteiger partial charge in [0.2, 0.25) is 0 Å². The second-order valence-electron chi connectivity index (χ2n) is 3.57. The van der Waals surface area contributed by atoms with Crippen LogP contribution in [0.15, 0.2) is 18.2 Å². The van der Waals surface area contributed by atoms with Crippen LogP contribution in [0.4, 0.5) is 4.39 Å². The van der Waals surface area contributed by atoms with E-state index in [0.717, 1.165) is 25.1 Å². The molecule has 0 fully saturated rings. The summed E-state index contributed by atoms with van der Waals surface area (Å²) in [6, 6.07) is 5.92. The SMILES string of the molecule is CC(F)c1ccc2c(c1)CCNC2.Cl. The third kappa shape index (κ3) is 2.25. The largest absolute Gasteiger partial charge is 0.312 e. The minimum Gasteiger partial charge on any atom is -0.312 e. The average Bonchev–Trinajstić information content (AvgIpc) is 2.17. The normalized spacial score (nSPS) is 16.7. The second-order valence-corrected chi connectivity index (χ2v) is 3.57. The predicted molar refractivity (Wildman–Crippen MR) is 58.6 cm³/mol. The maximum Gasteiger partial charge on any atom is 0.122 e. The van der Waals surface area contributed by atoms with E-state index in [9.17, 15) is 4.39 Å². The molecule has 0 radical (unpaired) electrons. The summed E-state index contributed by atoms with van der Waals surface area (Å²) in [6.45, 7) is 3.52. The second kappa shape index (κ2) is 4.76. The molecule has 0 aromatic heterocycles. The number of halogens is 2. The molecule has 1 unspecified atom stereocenters. The van der Waals surface area contributed by atoms with E-state index in [1.807, 2.05) is 18.2 Å². The van der Waals surface area contributed by atoms with Crippen molar-refractivity contribution in [2.75, 3.05) is 6.54 Å². The lowest BCUT2D eigenvalue weighted by molar-refractivity contribution is 0.373. The van der Waals surface area contributed by atoms with Gasteiger partial charge in [0, 0.05) is 6.54 Å². The van der Waals surface area contributed by atoms with Crippen molar-refractivity contribution in [3.63, 3.8) is 0 Å². The number of nitrogens with one attached hydrogen (secondary N) is 1. The summed E-state index contributed by atoms with van der Waals surface area (Å²) in [6.07, 6.45) is 0.177. The summed E-state index contributed by atoms with van der Waals surface area (Å²) in [5.41, 5.74) is 3.43. The van der Waals surface area contributed by atoms with Crippen LogP contribution in [0.3, 0.4) is 0 Å². The zero-order chi connectivity index (χ0) is 9.26. The van der Waals surface area contributed by atoms with Crippen molar-refractivity contribution in [3.8, 4) is 0 Å². The molecule has 1 atom stereocenters. The Balaban J connectivity index is 0.000000980. The topological polar surface area (TPSA) is 12.0 Å². The first-order valence-electron chi connectivity index (χ1n) is 4.74. The molecule has 1 N–H and O–H groups in total. The molecule has 1 aromatic carbocycles. The number of benzene rings is 1.